The van der Waals surface area contributed by atoms with Crippen molar-refractivity contribution in [3.63, 3.8) is 0 Å². The molecule has 10 heteroatoms. The number of rotatable bonds is 6. The number of halogens is 1. The van der Waals surface area contributed by atoms with Gasteiger partial charge < -0.3 is 25.2 Å². The lowest BCUT2D eigenvalue weighted by atomic mass is 10.2. The number of methoxy groups -OCH3 is 2. The highest BCUT2D eigenvalue weighted by molar-refractivity contribution is 5.91. The minimum Gasteiger partial charge on any atom is -0.502 e. The summed E-state index contributed by atoms with van der Waals surface area (Å²) >= 11 is 0. The van der Waals surface area contributed by atoms with Crippen molar-refractivity contribution < 1.29 is 19.0 Å². The Labute approximate surface area is 164 Å². The number of phenolic OH excluding ortho intramolecular Hbond substituents is 1. The Kier molecular flexibility index (Phi) is 4.73. The SMILES string of the molecule is COc1cc(Nc2nccc(Nc3n[nH]c4ccc(F)cc34)n2)cc(OC)c1O. The Hall–Kier alpha value is -4.08. The highest BCUT2D eigenvalue weighted by Crippen LogP contribution is 2.39. The van der Waals surface area contributed by atoms with Crippen LogP contribution in [0.5, 0.6) is 17.2 Å². The normalized spacial score (nSPS) is 10.7. The molecule has 0 unspecified atom stereocenters. The number of aromatic nitrogens is 4. The van der Waals surface area contributed by atoms with Gasteiger partial charge in [0.1, 0.15) is 11.6 Å². The summed E-state index contributed by atoms with van der Waals surface area (Å²) in [5.41, 5.74) is 1.26. The van der Waals surface area contributed by atoms with Crippen LogP contribution >= 0.6 is 0 Å². The maximum Gasteiger partial charge on any atom is 0.229 e. The quantitative estimate of drug-likeness (QED) is 0.365. The fourth-order valence-corrected chi connectivity index (χ4v) is 2.79. The highest BCUT2D eigenvalue weighted by atomic mass is 19.1. The molecule has 0 aliphatic carbocycles. The second-order valence-electron chi connectivity index (χ2n) is 6.01. The zero-order chi connectivity index (χ0) is 20.4. The first-order chi connectivity index (χ1) is 14.1. The van der Waals surface area contributed by atoms with E-state index < -0.39 is 0 Å². The number of benzene rings is 2. The van der Waals surface area contributed by atoms with E-state index in [2.05, 4.69) is 30.8 Å². The molecular formula is C19H17FN6O3. The summed E-state index contributed by atoms with van der Waals surface area (Å²) in [6, 6.07) is 9.19. The van der Waals surface area contributed by atoms with Crippen molar-refractivity contribution in [2.45, 2.75) is 0 Å². The molecule has 29 heavy (non-hydrogen) atoms. The number of anilines is 4. The number of aromatic amines is 1. The molecule has 4 rings (SSSR count). The molecule has 0 aliphatic heterocycles. The van der Waals surface area contributed by atoms with Gasteiger partial charge >= 0.3 is 0 Å². The molecule has 148 valence electrons. The van der Waals surface area contributed by atoms with E-state index in [4.69, 9.17) is 9.47 Å². The van der Waals surface area contributed by atoms with Crippen LogP contribution in [-0.2, 0) is 0 Å². The topological polar surface area (TPSA) is 117 Å². The lowest BCUT2D eigenvalue weighted by Gasteiger charge is -2.12. The van der Waals surface area contributed by atoms with Crippen LogP contribution in [0, 0.1) is 5.82 Å². The van der Waals surface area contributed by atoms with Crippen molar-refractivity contribution >= 4 is 34.2 Å². The van der Waals surface area contributed by atoms with Crippen molar-refractivity contribution in [2.75, 3.05) is 24.9 Å². The lowest BCUT2D eigenvalue weighted by molar-refractivity contribution is 0.340. The number of nitrogens with zero attached hydrogens (tertiary/aromatic N) is 3. The van der Waals surface area contributed by atoms with E-state index in [0.717, 1.165) is 0 Å². The average Bonchev–Trinajstić information content (AvgIpc) is 3.11. The number of hydrogen-bond donors (Lipinski definition) is 4. The number of nitrogens with one attached hydrogen (secondary N) is 3. The first-order valence-electron chi connectivity index (χ1n) is 8.53. The molecule has 0 bridgehead atoms. The molecule has 2 heterocycles. The van der Waals surface area contributed by atoms with E-state index in [1.165, 1.54) is 26.4 Å². The van der Waals surface area contributed by atoms with E-state index in [9.17, 15) is 9.50 Å². The number of phenols is 1. The van der Waals surface area contributed by atoms with E-state index in [1.807, 2.05) is 0 Å². The highest BCUT2D eigenvalue weighted by Gasteiger charge is 2.13. The number of fused-ring (bicyclic) bond motifs is 1. The van der Waals surface area contributed by atoms with Gasteiger partial charge in [-0.1, -0.05) is 0 Å². The number of hydrogen-bond acceptors (Lipinski definition) is 8. The third-order valence-corrected chi connectivity index (χ3v) is 4.16. The molecule has 4 aromatic rings. The van der Waals surface area contributed by atoms with Crippen LogP contribution < -0.4 is 20.1 Å². The lowest BCUT2D eigenvalue weighted by Crippen LogP contribution is -2.01. The predicted octanol–water partition coefficient (Wildman–Crippen LogP) is 3.70. The van der Waals surface area contributed by atoms with Gasteiger partial charge in [-0.05, 0) is 24.3 Å². The van der Waals surface area contributed by atoms with E-state index in [0.29, 0.717) is 28.2 Å². The summed E-state index contributed by atoms with van der Waals surface area (Å²) < 4.78 is 23.8. The van der Waals surface area contributed by atoms with Crippen LogP contribution in [0.4, 0.5) is 27.7 Å². The Bertz CT molecular complexity index is 1150. The Morgan fingerprint density at radius 2 is 1.79 bits per heavy atom. The fraction of sp³-hybridized carbons (Fsp3) is 0.105. The fourth-order valence-electron chi connectivity index (χ4n) is 2.79. The van der Waals surface area contributed by atoms with Crippen LogP contribution in [-0.4, -0.2) is 39.5 Å². The molecule has 9 nitrogen and oxygen atoms in total. The number of H-pyrrole nitrogens is 1. The summed E-state index contributed by atoms with van der Waals surface area (Å²) in [4.78, 5) is 8.56. The smallest absolute Gasteiger partial charge is 0.229 e. The van der Waals surface area contributed by atoms with E-state index >= 15 is 0 Å². The maximum absolute atomic E-state index is 13.5. The molecule has 0 atom stereocenters. The molecule has 0 saturated carbocycles. The Morgan fingerprint density at radius 3 is 2.52 bits per heavy atom. The largest absolute Gasteiger partial charge is 0.502 e. The molecule has 2 aromatic carbocycles. The average molecular weight is 396 g/mol. The van der Waals surface area contributed by atoms with Gasteiger partial charge in [-0.15, -0.1) is 0 Å². The first-order valence-corrected chi connectivity index (χ1v) is 8.53. The summed E-state index contributed by atoms with van der Waals surface area (Å²) in [6.45, 7) is 0. The van der Waals surface area contributed by atoms with Crippen LogP contribution in [0.25, 0.3) is 10.9 Å². The van der Waals surface area contributed by atoms with Crippen molar-refractivity contribution in [1.29, 1.82) is 0 Å². The van der Waals surface area contributed by atoms with E-state index in [1.54, 1.807) is 30.5 Å². The molecule has 4 N–H and O–H groups in total. The van der Waals surface area contributed by atoms with Gasteiger partial charge in [0, 0.05) is 29.4 Å². The first kappa shape index (κ1) is 18.3. The molecule has 0 fully saturated rings. The van der Waals surface area contributed by atoms with Gasteiger partial charge in [0.15, 0.2) is 17.3 Å². The van der Waals surface area contributed by atoms with E-state index in [-0.39, 0.29) is 29.0 Å². The third-order valence-electron chi connectivity index (χ3n) is 4.16. The molecular weight excluding hydrogens is 379 g/mol. The summed E-state index contributed by atoms with van der Waals surface area (Å²) in [7, 11) is 2.88. The number of aromatic hydroxyl groups is 1. The monoisotopic (exact) mass is 396 g/mol. The van der Waals surface area contributed by atoms with Gasteiger partial charge in [0.05, 0.1) is 19.7 Å². The van der Waals surface area contributed by atoms with Crippen molar-refractivity contribution in [3.05, 3.63) is 48.4 Å². The number of ether oxygens (including phenoxy) is 2. The third kappa shape index (κ3) is 3.68. The van der Waals surface area contributed by atoms with Gasteiger partial charge in [0.2, 0.25) is 11.7 Å². The second-order valence-corrected chi connectivity index (χ2v) is 6.01. The van der Waals surface area contributed by atoms with Crippen molar-refractivity contribution in [2.24, 2.45) is 0 Å². The zero-order valence-electron chi connectivity index (χ0n) is 15.5. The Balaban J connectivity index is 1.60. The van der Waals surface area contributed by atoms with Gasteiger partial charge in [-0.3, -0.25) is 5.10 Å². The molecule has 0 spiro atoms. The molecule has 0 aliphatic rings. The second kappa shape index (κ2) is 7.50. The minimum atomic E-state index is -0.359. The maximum atomic E-state index is 13.5. The summed E-state index contributed by atoms with van der Waals surface area (Å²) in [5.74, 6) is 1.21. The van der Waals surface area contributed by atoms with Crippen LogP contribution in [0.2, 0.25) is 0 Å². The summed E-state index contributed by atoms with van der Waals surface area (Å²) in [6.07, 6.45) is 1.56. The summed E-state index contributed by atoms with van der Waals surface area (Å²) in [5, 5.41) is 23.7. The molecule has 2 aromatic heterocycles. The molecule has 0 radical (unpaired) electrons. The van der Waals surface area contributed by atoms with Crippen molar-refractivity contribution in [1.82, 2.24) is 20.2 Å². The van der Waals surface area contributed by atoms with Gasteiger partial charge in [0.25, 0.3) is 0 Å². The zero-order valence-corrected chi connectivity index (χ0v) is 15.5. The standard InChI is InChI=1S/C19H17FN6O3/c1-28-14-8-11(9-15(29-2)17(14)27)22-19-21-6-5-16(24-19)23-18-12-7-10(20)3-4-13(12)25-26-18/h3-9,27H,1-2H3,(H3,21,22,23,24,25,26). The van der Waals surface area contributed by atoms with Crippen LogP contribution in [0.15, 0.2) is 42.6 Å². The van der Waals surface area contributed by atoms with Crippen LogP contribution in [0.3, 0.4) is 0 Å². The molecule has 0 saturated heterocycles. The van der Waals surface area contributed by atoms with Gasteiger partial charge in [-0.25, -0.2) is 9.37 Å². The minimum absolute atomic E-state index is 0.102. The van der Waals surface area contributed by atoms with Gasteiger partial charge in [-0.2, -0.15) is 10.1 Å². The van der Waals surface area contributed by atoms with Crippen molar-refractivity contribution in [3.8, 4) is 17.2 Å². The predicted molar refractivity (Wildman–Crippen MR) is 106 cm³/mol. The Morgan fingerprint density at radius 1 is 1.03 bits per heavy atom. The molecule has 0 amide bonds. The van der Waals surface area contributed by atoms with Crippen LogP contribution in [0.1, 0.15) is 0 Å².